The maximum absolute atomic E-state index is 13.3. The van der Waals surface area contributed by atoms with E-state index in [1.54, 1.807) is 18.2 Å². The quantitative estimate of drug-likeness (QED) is 0.674. The number of ketones is 1. The smallest absolute Gasteiger partial charge is 0.262 e. The van der Waals surface area contributed by atoms with Gasteiger partial charge in [0.05, 0.1) is 18.8 Å². The van der Waals surface area contributed by atoms with Crippen LogP contribution in [0, 0.1) is 5.82 Å². The van der Waals surface area contributed by atoms with E-state index in [0.717, 1.165) is 6.07 Å². The fourth-order valence-electron chi connectivity index (χ4n) is 2.37. The average molecular weight is 375 g/mol. The number of carbonyl (C=O) groups excluding carboxylic acids is 2. The number of ether oxygens (including phenoxy) is 3. The maximum Gasteiger partial charge on any atom is 0.262 e. The van der Waals surface area contributed by atoms with Gasteiger partial charge in [-0.3, -0.25) is 9.59 Å². The third-order valence-electron chi connectivity index (χ3n) is 3.51. The summed E-state index contributed by atoms with van der Waals surface area (Å²) >= 11 is 0. The summed E-state index contributed by atoms with van der Waals surface area (Å²) in [6.07, 6.45) is 0. The van der Waals surface area contributed by atoms with Gasteiger partial charge in [-0.15, -0.1) is 0 Å². The number of carbonyl (C=O) groups is 2. The monoisotopic (exact) mass is 375 g/mol. The Balaban J connectivity index is 2.04. The molecule has 144 valence electrons. The number of benzene rings is 2. The molecule has 1 amide bonds. The lowest BCUT2D eigenvalue weighted by atomic mass is 10.1. The number of halogens is 1. The van der Waals surface area contributed by atoms with Crippen molar-refractivity contribution in [2.45, 2.75) is 20.8 Å². The molecule has 2 rings (SSSR count). The van der Waals surface area contributed by atoms with Gasteiger partial charge in [-0.25, -0.2) is 4.39 Å². The molecule has 7 heteroatoms. The predicted molar refractivity (Wildman–Crippen MR) is 99.3 cm³/mol. The fourth-order valence-corrected chi connectivity index (χ4v) is 2.37. The summed E-state index contributed by atoms with van der Waals surface area (Å²) in [5, 5.41) is 2.68. The number of nitrogens with one attached hydrogen (secondary N) is 1. The van der Waals surface area contributed by atoms with Crippen LogP contribution in [0.3, 0.4) is 0 Å². The third kappa shape index (κ3) is 5.70. The van der Waals surface area contributed by atoms with E-state index in [0.29, 0.717) is 30.4 Å². The lowest BCUT2D eigenvalue weighted by Gasteiger charge is -2.13. The second-order valence-electron chi connectivity index (χ2n) is 5.56. The summed E-state index contributed by atoms with van der Waals surface area (Å²) in [4.78, 5) is 23.7. The largest absolute Gasteiger partial charge is 0.490 e. The third-order valence-corrected chi connectivity index (χ3v) is 3.51. The number of hydrogen-bond donors (Lipinski definition) is 1. The minimum Gasteiger partial charge on any atom is -0.490 e. The molecule has 0 aliphatic carbocycles. The molecule has 1 N–H and O–H groups in total. The number of Topliss-reactive ketones (excluding diaryl/α,β-unsaturated/α-hetero) is 1. The Labute approximate surface area is 157 Å². The number of amides is 1. The van der Waals surface area contributed by atoms with Gasteiger partial charge in [-0.05, 0) is 51.1 Å². The van der Waals surface area contributed by atoms with Gasteiger partial charge in [0.1, 0.15) is 11.6 Å². The summed E-state index contributed by atoms with van der Waals surface area (Å²) in [5.74, 6) is -0.0599. The summed E-state index contributed by atoms with van der Waals surface area (Å²) in [6.45, 7) is 5.65. The Hall–Kier alpha value is -3.09. The molecule has 2 aromatic carbocycles. The Morgan fingerprint density at radius 3 is 2.26 bits per heavy atom. The molecular weight excluding hydrogens is 353 g/mol. The lowest BCUT2D eigenvalue weighted by Crippen LogP contribution is -2.21. The van der Waals surface area contributed by atoms with Gasteiger partial charge in [-0.2, -0.15) is 0 Å². The van der Waals surface area contributed by atoms with Gasteiger partial charge in [-0.1, -0.05) is 0 Å². The van der Waals surface area contributed by atoms with E-state index >= 15 is 0 Å². The molecular formula is C20H22FNO5. The van der Waals surface area contributed by atoms with Crippen molar-refractivity contribution in [3.63, 3.8) is 0 Å². The van der Waals surface area contributed by atoms with Crippen molar-refractivity contribution in [3.05, 3.63) is 47.8 Å². The zero-order valence-electron chi connectivity index (χ0n) is 15.5. The van der Waals surface area contributed by atoms with Gasteiger partial charge < -0.3 is 19.5 Å². The van der Waals surface area contributed by atoms with Crippen molar-refractivity contribution in [2.24, 2.45) is 0 Å². The summed E-state index contributed by atoms with van der Waals surface area (Å²) in [5.41, 5.74) is 0.601. The minimum absolute atomic E-state index is 0.0856. The average Bonchev–Trinajstić information content (AvgIpc) is 2.63. The summed E-state index contributed by atoms with van der Waals surface area (Å²) in [7, 11) is 0. The first-order chi connectivity index (χ1) is 12.9. The van der Waals surface area contributed by atoms with E-state index in [1.165, 1.54) is 19.1 Å². The van der Waals surface area contributed by atoms with E-state index in [1.807, 2.05) is 13.8 Å². The molecule has 0 bridgehead atoms. The topological polar surface area (TPSA) is 73.9 Å². The Morgan fingerprint density at radius 1 is 0.926 bits per heavy atom. The molecule has 6 nitrogen and oxygen atoms in total. The van der Waals surface area contributed by atoms with Crippen LogP contribution in [0.1, 0.15) is 31.1 Å². The molecule has 0 spiro atoms. The van der Waals surface area contributed by atoms with Crippen molar-refractivity contribution in [3.8, 4) is 17.2 Å². The van der Waals surface area contributed by atoms with Crippen LogP contribution in [-0.4, -0.2) is 31.5 Å². The zero-order valence-corrected chi connectivity index (χ0v) is 15.5. The van der Waals surface area contributed by atoms with E-state index in [9.17, 15) is 14.0 Å². The lowest BCUT2D eigenvalue weighted by molar-refractivity contribution is -0.118. The van der Waals surface area contributed by atoms with Crippen LogP contribution in [0.2, 0.25) is 0 Å². The standard InChI is InChI=1S/C20H22FNO5/c1-4-25-18-9-7-15(11-19(18)26-5-2)22-20(24)12-27-17-8-6-14(21)10-16(17)13(3)23/h6-11H,4-5,12H2,1-3H3,(H,22,24). The van der Waals surface area contributed by atoms with Crippen LogP contribution in [0.15, 0.2) is 36.4 Å². The fraction of sp³-hybridized carbons (Fsp3) is 0.300. The summed E-state index contributed by atoms with van der Waals surface area (Å²) < 4.78 is 29.6. The molecule has 0 saturated heterocycles. The van der Waals surface area contributed by atoms with Crippen molar-refractivity contribution in [2.75, 3.05) is 25.1 Å². The predicted octanol–water partition coefficient (Wildman–Crippen LogP) is 3.84. The van der Waals surface area contributed by atoms with Gasteiger partial charge >= 0.3 is 0 Å². The van der Waals surface area contributed by atoms with Crippen LogP contribution < -0.4 is 19.5 Å². The maximum atomic E-state index is 13.3. The molecule has 0 unspecified atom stereocenters. The van der Waals surface area contributed by atoms with Crippen LogP contribution in [0.5, 0.6) is 17.2 Å². The van der Waals surface area contributed by atoms with Gasteiger partial charge in [0.15, 0.2) is 23.9 Å². The first kappa shape index (κ1) is 20.2. The first-order valence-corrected chi connectivity index (χ1v) is 8.57. The number of anilines is 1. The van der Waals surface area contributed by atoms with E-state index in [4.69, 9.17) is 14.2 Å². The van der Waals surface area contributed by atoms with Crippen molar-refractivity contribution >= 4 is 17.4 Å². The van der Waals surface area contributed by atoms with Crippen LogP contribution in [-0.2, 0) is 4.79 Å². The second kappa shape index (κ2) is 9.56. The molecule has 0 aliphatic heterocycles. The van der Waals surface area contributed by atoms with E-state index < -0.39 is 11.7 Å². The van der Waals surface area contributed by atoms with Gasteiger partial charge in [0.25, 0.3) is 5.91 Å². The van der Waals surface area contributed by atoms with Crippen LogP contribution in [0.4, 0.5) is 10.1 Å². The van der Waals surface area contributed by atoms with Crippen LogP contribution >= 0.6 is 0 Å². The SMILES string of the molecule is CCOc1ccc(NC(=O)COc2ccc(F)cc2C(C)=O)cc1OCC. The van der Waals surface area contributed by atoms with Gasteiger partial charge in [0.2, 0.25) is 0 Å². The molecule has 0 saturated carbocycles. The Morgan fingerprint density at radius 2 is 1.59 bits per heavy atom. The van der Waals surface area contributed by atoms with Crippen molar-refractivity contribution in [1.29, 1.82) is 0 Å². The molecule has 0 fully saturated rings. The first-order valence-electron chi connectivity index (χ1n) is 8.57. The van der Waals surface area contributed by atoms with E-state index in [2.05, 4.69) is 5.32 Å². The zero-order chi connectivity index (χ0) is 19.8. The highest BCUT2D eigenvalue weighted by molar-refractivity contribution is 5.97. The molecule has 0 aliphatic rings. The van der Waals surface area contributed by atoms with Crippen molar-refractivity contribution in [1.82, 2.24) is 0 Å². The normalized spacial score (nSPS) is 10.2. The molecule has 0 heterocycles. The molecule has 0 atom stereocenters. The highest BCUT2D eigenvalue weighted by Gasteiger charge is 2.13. The second-order valence-corrected chi connectivity index (χ2v) is 5.56. The molecule has 27 heavy (non-hydrogen) atoms. The van der Waals surface area contributed by atoms with Gasteiger partial charge in [0, 0.05) is 11.8 Å². The minimum atomic E-state index is -0.546. The molecule has 0 aromatic heterocycles. The number of rotatable bonds is 9. The van der Waals surface area contributed by atoms with Crippen LogP contribution in [0.25, 0.3) is 0 Å². The van der Waals surface area contributed by atoms with Crippen molar-refractivity contribution < 1.29 is 28.2 Å². The molecule has 2 aromatic rings. The highest BCUT2D eigenvalue weighted by Crippen LogP contribution is 2.30. The molecule has 0 radical (unpaired) electrons. The Bertz CT molecular complexity index is 822. The highest BCUT2D eigenvalue weighted by atomic mass is 19.1. The number of hydrogen-bond acceptors (Lipinski definition) is 5. The Kier molecular flexibility index (Phi) is 7.16. The summed E-state index contributed by atoms with van der Waals surface area (Å²) in [6, 6.07) is 8.62. The van der Waals surface area contributed by atoms with E-state index in [-0.39, 0.29) is 23.7 Å².